The SMILES string of the molecule is CC1(C)CN(CCCOc2cc3nc(N)nc(-c4ccc(F)c(Cl)c4)c3cc2OC2CCCC2)CC(=O)O1. The van der Waals surface area contributed by atoms with Crippen molar-refractivity contribution in [3.63, 3.8) is 0 Å². The minimum atomic E-state index is -0.507. The lowest BCUT2D eigenvalue weighted by Crippen LogP contribution is -2.51. The molecule has 0 amide bonds. The van der Waals surface area contributed by atoms with Gasteiger partial charge in [-0.15, -0.1) is 0 Å². The predicted molar refractivity (Wildman–Crippen MR) is 144 cm³/mol. The van der Waals surface area contributed by atoms with E-state index in [1.165, 1.54) is 12.1 Å². The topological polar surface area (TPSA) is 99.8 Å². The largest absolute Gasteiger partial charge is 0.490 e. The molecule has 1 saturated carbocycles. The molecule has 2 heterocycles. The van der Waals surface area contributed by atoms with Crippen molar-refractivity contribution < 1.29 is 23.4 Å². The summed E-state index contributed by atoms with van der Waals surface area (Å²) in [5, 5.41) is 0.705. The quantitative estimate of drug-likeness (QED) is 0.298. The molecule has 0 bridgehead atoms. The number of nitrogen functional groups attached to an aromatic ring is 1. The Bertz CT molecular complexity index is 1350. The van der Waals surface area contributed by atoms with Crippen LogP contribution in [0.4, 0.5) is 10.3 Å². The number of hydrogen-bond acceptors (Lipinski definition) is 8. The average Bonchev–Trinajstić information content (AvgIpc) is 3.35. The van der Waals surface area contributed by atoms with Crippen molar-refractivity contribution in [3.8, 4) is 22.8 Å². The zero-order valence-corrected chi connectivity index (χ0v) is 22.4. The molecule has 2 N–H and O–H groups in total. The standard InChI is InChI=1S/C28H32ClFN4O4/c1-28(2)16-34(15-25(35)38-28)10-5-11-36-23-14-22-19(13-24(23)37-18-6-3-4-7-18)26(33-27(31)32-22)17-8-9-21(30)20(29)12-17/h8-9,12-14,18H,3-7,10-11,15-16H2,1-2H3,(H2,31,32,33). The second-order valence-corrected chi connectivity index (χ2v) is 11.0. The maximum Gasteiger partial charge on any atom is 0.320 e. The minimum Gasteiger partial charge on any atom is -0.490 e. The van der Waals surface area contributed by atoms with Gasteiger partial charge < -0.3 is 19.9 Å². The number of cyclic esters (lactones) is 1. The molecule has 1 aliphatic carbocycles. The van der Waals surface area contributed by atoms with Gasteiger partial charge in [0, 0.05) is 30.1 Å². The number of rotatable bonds is 8. The van der Waals surface area contributed by atoms with Gasteiger partial charge in [-0.1, -0.05) is 11.6 Å². The summed E-state index contributed by atoms with van der Waals surface area (Å²) in [6.45, 7) is 5.92. The van der Waals surface area contributed by atoms with E-state index in [0.717, 1.165) is 32.1 Å². The Morgan fingerprint density at radius 2 is 1.97 bits per heavy atom. The fraction of sp³-hybridized carbons (Fsp3) is 0.464. The summed E-state index contributed by atoms with van der Waals surface area (Å²) in [7, 11) is 0. The van der Waals surface area contributed by atoms with Crippen molar-refractivity contribution in [2.45, 2.75) is 57.7 Å². The van der Waals surface area contributed by atoms with Gasteiger partial charge in [0.25, 0.3) is 0 Å². The molecule has 3 aromatic rings. The third-order valence-corrected chi connectivity index (χ3v) is 7.08. The van der Waals surface area contributed by atoms with Crippen molar-refractivity contribution in [1.29, 1.82) is 0 Å². The third-order valence-electron chi connectivity index (χ3n) is 6.79. The second kappa shape index (κ2) is 10.9. The highest BCUT2D eigenvalue weighted by Crippen LogP contribution is 2.39. The molecule has 202 valence electrons. The number of halogens is 2. The van der Waals surface area contributed by atoms with Gasteiger partial charge in [0.05, 0.1) is 35.5 Å². The van der Waals surface area contributed by atoms with Crippen molar-refractivity contribution in [3.05, 3.63) is 41.2 Å². The first kappa shape index (κ1) is 26.4. The molecule has 1 aromatic heterocycles. The molecule has 2 aliphatic rings. The summed E-state index contributed by atoms with van der Waals surface area (Å²) in [5.74, 6) is 0.550. The molecule has 1 saturated heterocycles. The van der Waals surface area contributed by atoms with Crippen LogP contribution in [0.2, 0.25) is 5.02 Å². The Kier molecular flexibility index (Phi) is 7.59. The van der Waals surface area contributed by atoms with Crippen LogP contribution in [0, 0.1) is 5.82 Å². The van der Waals surface area contributed by atoms with Gasteiger partial charge >= 0.3 is 5.97 Å². The van der Waals surface area contributed by atoms with Crippen molar-refractivity contribution in [1.82, 2.24) is 14.9 Å². The van der Waals surface area contributed by atoms with Gasteiger partial charge in [0.2, 0.25) is 5.95 Å². The summed E-state index contributed by atoms with van der Waals surface area (Å²) in [6.07, 6.45) is 5.04. The van der Waals surface area contributed by atoms with Crippen LogP contribution in [0.15, 0.2) is 30.3 Å². The predicted octanol–water partition coefficient (Wildman–Crippen LogP) is 5.40. The Hall–Kier alpha value is -3.17. The van der Waals surface area contributed by atoms with E-state index in [1.807, 2.05) is 26.0 Å². The number of morpholine rings is 1. The minimum absolute atomic E-state index is 0.000529. The zero-order chi connectivity index (χ0) is 26.9. The highest BCUT2D eigenvalue weighted by molar-refractivity contribution is 6.31. The van der Waals surface area contributed by atoms with Gasteiger partial charge in [0.15, 0.2) is 11.5 Å². The highest BCUT2D eigenvalue weighted by atomic mass is 35.5. The number of benzene rings is 2. The van der Waals surface area contributed by atoms with Crippen molar-refractivity contribution >= 4 is 34.4 Å². The maximum atomic E-state index is 13.8. The molecule has 1 aliphatic heterocycles. The number of anilines is 1. The Labute approximate surface area is 226 Å². The van der Waals surface area contributed by atoms with Crippen LogP contribution in [0.1, 0.15) is 46.0 Å². The summed E-state index contributed by atoms with van der Waals surface area (Å²) >= 11 is 6.05. The molecule has 10 heteroatoms. The van der Waals surface area contributed by atoms with Crippen LogP contribution in [0.3, 0.4) is 0 Å². The highest BCUT2D eigenvalue weighted by Gasteiger charge is 2.32. The van der Waals surface area contributed by atoms with Crippen LogP contribution < -0.4 is 15.2 Å². The van der Waals surface area contributed by atoms with E-state index in [-0.39, 0.29) is 29.6 Å². The number of nitrogens with two attached hydrogens (primary N) is 1. The van der Waals surface area contributed by atoms with E-state index in [9.17, 15) is 9.18 Å². The Morgan fingerprint density at radius 3 is 2.71 bits per heavy atom. The molecular weight excluding hydrogens is 511 g/mol. The fourth-order valence-corrected chi connectivity index (χ4v) is 5.37. The lowest BCUT2D eigenvalue weighted by atomic mass is 10.1. The molecular formula is C28H32ClFN4O4. The Morgan fingerprint density at radius 1 is 1.18 bits per heavy atom. The van der Waals surface area contributed by atoms with Gasteiger partial charge in [-0.2, -0.15) is 0 Å². The summed E-state index contributed by atoms with van der Waals surface area (Å²) < 4.78 is 31.8. The summed E-state index contributed by atoms with van der Waals surface area (Å²) in [6, 6.07) is 8.13. The number of fused-ring (bicyclic) bond motifs is 1. The van der Waals surface area contributed by atoms with E-state index in [4.69, 9.17) is 31.5 Å². The van der Waals surface area contributed by atoms with Gasteiger partial charge in [0.1, 0.15) is 11.4 Å². The van der Waals surface area contributed by atoms with Crippen LogP contribution in [0.5, 0.6) is 11.5 Å². The van der Waals surface area contributed by atoms with Crippen molar-refractivity contribution in [2.75, 3.05) is 32.0 Å². The monoisotopic (exact) mass is 542 g/mol. The lowest BCUT2D eigenvalue weighted by Gasteiger charge is -2.37. The van der Waals surface area contributed by atoms with Crippen LogP contribution in [-0.2, 0) is 9.53 Å². The summed E-state index contributed by atoms with van der Waals surface area (Å²) in [4.78, 5) is 22.9. The van der Waals surface area contributed by atoms with Crippen LogP contribution in [-0.4, -0.2) is 58.8 Å². The maximum absolute atomic E-state index is 13.8. The normalized spacial score (nSPS) is 18.1. The van der Waals surface area contributed by atoms with Crippen molar-refractivity contribution in [2.24, 2.45) is 0 Å². The zero-order valence-electron chi connectivity index (χ0n) is 21.6. The first-order valence-corrected chi connectivity index (χ1v) is 13.3. The van der Waals surface area contributed by atoms with Crippen LogP contribution >= 0.6 is 11.6 Å². The van der Waals surface area contributed by atoms with E-state index >= 15 is 0 Å². The summed E-state index contributed by atoms with van der Waals surface area (Å²) in [5.41, 5.74) is 7.29. The van der Waals surface area contributed by atoms with Gasteiger partial charge in [-0.3, -0.25) is 9.69 Å². The lowest BCUT2D eigenvalue weighted by molar-refractivity contribution is -0.169. The molecule has 2 aromatic carbocycles. The molecule has 2 fully saturated rings. The molecule has 0 atom stereocenters. The molecule has 38 heavy (non-hydrogen) atoms. The molecule has 0 radical (unpaired) electrons. The average molecular weight is 543 g/mol. The van der Waals surface area contributed by atoms with E-state index in [2.05, 4.69) is 14.9 Å². The van der Waals surface area contributed by atoms with E-state index in [1.54, 1.807) is 6.07 Å². The number of esters is 1. The molecule has 0 unspecified atom stereocenters. The first-order valence-electron chi connectivity index (χ1n) is 13.0. The number of aromatic nitrogens is 2. The van der Waals surface area contributed by atoms with Crippen LogP contribution in [0.25, 0.3) is 22.2 Å². The molecule has 8 nitrogen and oxygen atoms in total. The first-order chi connectivity index (χ1) is 18.2. The van der Waals surface area contributed by atoms with E-state index < -0.39 is 11.4 Å². The molecule has 0 spiro atoms. The number of carbonyl (C=O) groups is 1. The van der Waals surface area contributed by atoms with Gasteiger partial charge in [-0.05, 0) is 70.2 Å². The van der Waals surface area contributed by atoms with E-state index in [0.29, 0.717) is 53.4 Å². The number of hydrogen-bond donors (Lipinski definition) is 1. The smallest absolute Gasteiger partial charge is 0.320 e. The fourth-order valence-electron chi connectivity index (χ4n) is 5.19. The Balaban J connectivity index is 1.41. The second-order valence-electron chi connectivity index (χ2n) is 10.5. The number of nitrogens with zero attached hydrogens (tertiary/aromatic N) is 3. The number of carbonyl (C=O) groups excluding carboxylic acids is 1. The third kappa shape index (κ3) is 6.10. The molecule has 5 rings (SSSR count). The number of ether oxygens (including phenoxy) is 3. The van der Waals surface area contributed by atoms with Gasteiger partial charge in [-0.25, -0.2) is 14.4 Å².